The van der Waals surface area contributed by atoms with E-state index in [1.165, 1.54) is 0 Å². The van der Waals surface area contributed by atoms with Crippen molar-refractivity contribution in [3.63, 3.8) is 0 Å². The molecule has 0 heterocycles. The van der Waals surface area contributed by atoms with E-state index < -0.39 is 42.9 Å². The molecular formula is C12H18F4N2O3. The number of carboxylic acid groups (broad SMARTS) is 1. The quantitative estimate of drug-likeness (QED) is 0.538. The minimum Gasteiger partial charge on any atom is -0.481 e. The first-order valence-corrected chi connectivity index (χ1v) is 6.67. The Kier molecular flexibility index (Phi) is 6.22. The number of halogens is 4. The van der Waals surface area contributed by atoms with Gasteiger partial charge in [0.15, 0.2) is 0 Å². The summed E-state index contributed by atoms with van der Waals surface area (Å²) in [5.74, 6) is -6.18. The maximum atomic E-state index is 12.7. The molecule has 1 rings (SSSR count). The molecule has 0 aliphatic heterocycles. The Morgan fingerprint density at radius 1 is 1.19 bits per heavy atom. The minimum absolute atomic E-state index is 0.382. The molecule has 0 saturated heterocycles. The third-order valence-corrected chi connectivity index (χ3v) is 3.45. The van der Waals surface area contributed by atoms with Crippen LogP contribution in [0.4, 0.5) is 22.4 Å². The molecule has 1 saturated carbocycles. The van der Waals surface area contributed by atoms with E-state index in [-0.39, 0.29) is 0 Å². The first kappa shape index (κ1) is 17.5. The molecule has 2 unspecified atom stereocenters. The van der Waals surface area contributed by atoms with E-state index in [1.807, 2.05) is 0 Å². The highest BCUT2D eigenvalue weighted by atomic mass is 19.3. The number of alkyl halides is 4. The molecule has 122 valence electrons. The highest BCUT2D eigenvalue weighted by Gasteiger charge is 2.41. The number of hydrogen-bond donors (Lipinski definition) is 3. The van der Waals surface area contributed by atoms with Gasteiger partial charge in [0.25, 0.3) is 0 Å². The number of nitrogens with one attached hydrogen (secondary N) is 2. The fourth-order valence-corrected chi connectivity index (χ4v) is 2.27. The van der Waals surface area contributed by atoms with Gasteiger partial charge in [0.05, 0.1) is 12.5 Å². The summed E-state index contributed by atoms with van der Waals surface area (Å²) in [6.45, 7) is -1.50. The number of carboxylic acids is 1. The second-order valence-corrected chi connectivity index (χ2v) is 5.08. The van der Waals surface area contributed by atoms with Gasteiger partial charge in [-0.2, -0.15) is 8.78 Å². The van der Waals surface area contributed by atoms with Crippen molar-refractivity contribution in [2.24, 2.45) is 5.92 Å². The SMILES string of the molecule is O=C(NCC(F)(F)C(F)F)NC1CCCCCC1C(=O)O. The summed E-state index contributed by atoms with van der Waals surface area (Å²) in [6.07, 6.45) is -0.833. The Morgan fingerprint density at radius 2 is 1.81 bits per heavy atom. The second-order valence-electron chi connectivity index (χ2n) is 5.08. The summed E-state index contributed by atoms with van der Waals surface area (Å²) in [5.41, 5.74) is 0. The van der Waals surface area contributed by atoms with Crippen molar-refractivity contribution in [1.82, 2.24) is 10.6 Å². The van der Waals surface area contributed by atoms with Gasteiger partial charge >= 0.3 is 24.3 Å². The summed E-state index contributed by atoms with van der Waals surface area (Å²) < 4.78 is 49.2. The molecule has 2 amide bonds. The smallest absolute Gasteiger partial charge is 0.324 e. The third-order valence-electron chi connectivity index (χ3n) is 3.45. The summed E-state index contributed by atoms with van der Waals surface area (Å²) in [5, 5.41) is 13.0. The standard InChI is InChI=1S/C12H18F4N2O3/c13-10(14)12(15,16)6-17-11(21)18-8-5-3-1-2-4-7(8)9(19)20/h7-8,10H,1-6H2,(H,19,20)(H2,17,18,21). The molecule has 5 nitrogen and oxygen atoms in total. The van der Waals surface area contributed by atoms with Crippen LogP contribution in [0.1, 0.15) is 32.1 Å². The van der Waals surface area contributed by atoms with Crippen molar-refractivity contribution in [2.45, 2.75) is 50.5 Å². The van der Waals surface area contributed by atoms with Crippen LogP contribution in [0.3, 0.4) is 0 Å². The van der Waals surface area contributed by atoms with Crippen LogP contribution in [-0.4, -0.2) is 42.0 Å². The zero-order chi connectivity index (χ0) is 16.0. The molecule has 2 atom stereocenters. The van der Waals surface area contributed by atoms with E-state index in [4.69, 9.17) is 5.11 Å². The highest BCUT2D eigenvalue weighted by Crippen LogP contribution is 2.24. The van der Waals surface area contributed by atoms with Gasteiger partial charge in [-0.3, -0.25) is 4.79 Å². The van der Waals surface area contributed by atoms with E-state index in [0.717, 1.165) is 6.42 Å². The number of carbonyl (C=O) groups is 2. The minimum atomic E-state index is -4.31. The number of hydrogen-bond acceptors (Lipinski definition) is 2. The Hall–Kier alpha value is -1.54. The average Bonchev–Trinajstić information content (AvgIpc) is 2.61. The van der Waals surface area contributed by atoms with Crippen LogP contribution in [0.25, 0.3) is 0 Å². The van der Waals surface area contributed by atoms with Crippen LogP contribution >= 0.6 is 0 Å². The van der Waals surface area contributed by atoms with Gasteiger partial charge in [-0.1, -0.05) is 19.3 Å². The number of amides is 2. The molecule has 9 heteroatoms. The first-order valence-electron chi connectivity index (χ1n) is 6.67. The van der Waals surface area contributed by atoms with Gasteiger partial charge < -0.3 is 15.7 Å². The number of urea groups is 1. The molecule has 21 heavy (non-hydrogen) atoms. The first-order chi connectivity index (χ1) is 9.74. The van der Waals surface area contributed by atoms with E-state index in [1.54, 1.807) is 5.32 Å². The number of rotatable bonds is 5. The molecule has 1 fully saturated rings. The van der Waals surface area contributed by atoms with Gasteiger partial charge in [0.2, 0.25) is 0 Å². The molecule has 0 radical (unpaired) electrons. The maximum absolute atomic E-state index is 12.7. The molecule has 1 aliphatic rings. The van der Waals surface area contributed by atoms with Crippen LogP contribution in [0, 0.1) is 5.92 Å². The zero-order valence-corrected chi connectivity index (χ0v) is 11.3. The van der Waals surface area contributed by atoms with Gasteiger partial charge in [0, 0.05) is 6.04 Å². The Morgan fingerprint density at radius 3 is 2.38 bits per heavy atom. The molecule has 0 aromatic heterocycles. The van der Waals surface area contributed by atoms with Crippen molar-refractivity contribution in [1.29, 1.82) is 0 Å². The van der Waals surface area contributed by atoms with E-state index in [0.29, 0.717) is 25.7 Å². The van der Waals surface area contributed by atoms with Crippen LogP contribution in [-0.2, 0) is 4.79 Å². The van der Waals surface area contributed by atoms with Crippen LogP contribution in [0.5, 0.6) is 0 Å². The van der Waals surface area contributed by atoms with Gasteiger partial charge in [-0.05, 0) is 12.8 Å². The highest BCUT2D eigenvalue weighted by molar-refractivity contribution is 5.76. The normalized spacial score (nSPS) is 23.5. The summed E-state index contributed by atoms with van der Waals surface area (Å²) in [6, 6.07) is -1.75. The van der Waals surface area contributed by atoms with Crippen molar-refractivity contribution >= 4 is 12.0 Å². The fraction of sp³-hybridized carbons (Fsp3) is 0.833. The van der Waals surface area contributed by atoms with E-state index in [2.05, 4.69) is 5.32 Å². The average molecular weight is 314 g/mol. The summed E-state index contributed by atoms with van der Waals surface area (Å²) in [4.78, 5) is 22.6. The topological polar surface area (TPSA) is 78.4 Å². The summed E-state index contributed by atoms with van der Waals surface area (Å²) >= 11 is 0. The number of aliphatic carboxylic acids is 1. The lowest BCUT2D eigenvalue weighted by Crippen LogP contribution is -2.50. The maximum Gasteiger partial charge on any atom is 0.324 e. The predicted octanol–water partition coefficient (Wildman–Crippen LogP) is 2.22. The largest absolute Gasteiger partial charge is 0.481 e. The zero-order valence-electron chi connectivity index (χ0n) is 11.3. The number of carbonyl (C=O) groups excluding carboxylic acids is 1. The summed E-state index contributed by atoms with van der Waals surface area (Å²) in [7, 11) is 0. The van der Waals surface area contributed by atoms with Gasteiger partial charge in [0.1, 0.15) is 0 Å². The Labute approximate surface area is 119 Å². The van der Waals surface area contributed by atoms with E-state index in [9.17, 15) is 27.2 Å². The van der Waals surface area contributed by atoms with Crippen molar-refractivity contribution in [2.75, 3.05) is 6.54 Å². The monoisotopic (exact) mass is 314 g/mol. The molecule has 0 aromatic carbocycles. The van der Waals surface area contributed by atoms with Crippen molar-refractivity contribution in [3.05, 3.63) is 0 Å². The van der Waals surface area contributed by atoms with Crippen LogP contribution in [0.15, 0.2) is 0 Å². The lowest BCUT2D eigenvalue weighted by atomic mass is 9.95. The second kappa shape index (κ2) is 7.46. The molecule has 3 N–H and O–H groups in total. The molecular weight excluding hydrogens is 296 g/mol. The lowest BCUT2D eigenvalue weighted by molar-refractivity contribution is -0.142. The third kappa shape index (κ3) is 5.39. The van der Waals surface area contributed by atoms with Crippen LogP contribution < -0.4 is 10.6 Å². The van der Waals surface area contributed by atoms with Crippen molar-refractivity contribution in [3.8, 4) is 0 Å². The molecule has 0 aromatic rings. The van der Waals surface area contributed by atoms with Gasteiger partial charge in [-0.25, -0.2) is 13.6 Å². The lowest BCUT2D eigenvalue weighted by Gasteiger charge is -2.24. The predicted molar refractivity (Wildman–Crippen MR) is 65.5 cm³/mol. The Bertz CT molecular complexity index is 380. The Balaban J connectivity index is 2.53. The fourth-order valence-electron chi connectivity index (χ4n) is 2.27. The van der Waals surface area contributed by atoms with Crippen molar-refractivity contribution < 1.29 is 32.3 Å². The van der Waals surface area contributed by atoms with Crippen LogP contribution in [0.2, 0.25) is 0 Å². The van der Waals surface area contributed by atoms with E-state index >= 15 is 0 Å². The molecule has 0 bridgehead atoms. The van der Waals surface area contributed by atoms with Gasteiger partial charge in [-0.15, -0.1) is 0 Å². The molecule has 0 spiro atoms. The molecule has 1 aliphatic carbocycles.